The third kappa shape index (κ3) is 4.21. The predicted molar refractivity (Wildman–Crippen MR) is 105 cm³/mol. The lowest BCUT2D eigenvalue weighted by Crippen LogP contribution is -2.30. The molecule has 0 radical (unpaired) electrons. The van der Waals surface area contributed by atoms with Gasteiger partial charge in [-0.1, -0.05) is 20.8 Å². The van der Waals surface area contributed by atoms with Crippen LogP contribution in [0.1, 0.15) is 48.9 Å². The van der Waals surface area contributed by atoms with Crippen LogP contribution in [0, 0.1) is 19.3 Å². The fraction of sp³-hybridized carbons (Fsp3) is 0.500. The third-order valence-corrected chi connectivity index (χ3v) is 5.49. The van der Waals surface area contributed by atoms with Gasteiger partial charge in [0.15, 0.2) is 0 Å². The summed E-state index contributed by atoms with van der Waals surface area (Å²) in [5.74, 6) is 1.05. The Balaban J connectivity index is 1.78. The Hall–Kier alpha value is -1.88. The zero-order valence-electron chi connectivity index (χ0n) is 15.8. The molecule has 1 amide bonds. The molecule has 0 saturated carbocycles. The van der Waals surface area contributed by atoms with Crippen molar-refractivity contribution >= 4 is 28.7 Å². The standard InChI is InChI=1S/C20H27N3OS/c1-13-10-17(23-8-6-16-15(12-23)7-9-25-16)21-14(2)19(13)22-18(24)11-20(3,4)5/h7,9-10H,6,8,11-12H2,1-5H3,(H,22,24). The molecule has 1 aliphatic rings. The Labute approximate surface area is 154 Å². The van der Waals surface area contributed by atoms with Crippen LogP contribution in [0.25, 0.3) is 0 Å². The van der Waals surface area contributed by atoms with Crippen LogP contribution in [0.5, 0.6) is 0 Å². The summed E-state index contributed by atoms with van der Waals surface area (Å²) in [7, 11) is 0. The highest BCUT2D eigenvalue weighted by molar-refractivity contribution is 7.10. The number of anilines is 2. The van der Waals surface area contributed by atoms with Gasteiger partial charge in [-0.3, -0.25) is 4.79 Å². The lowest BCUT2D eigenvalue weighted by molar-refractivity contribution is -0.117. The summed E-state index contributed by atoms with van der Waals surface area (Å²) in [4.78, 5) is 20.9. The SMILES string of the molecule is Cc1cc(N2CCc3sccc3C2)nc(C)c1NC(=O)CC(C)(C)C. The molecule has 0 aliphatic carbocycles. The highest BCUT2D eigenvalue weighted by Gasteiger charge is 2.21. The quantitative estimate of drug-likeness (QED) is 0.866. The molecular formula is C20H27N3OS. The zero-order valence-corrected chi connectivity index (χ0v) is 16.6. The highest BCUT2D eigenvalue weighted by Crippen LogP contribution is 2.30. The van der Waals surface area contributed by atoms with Crippen molar-refractivity contribution < 1.29 is 4.79 Å². The number of hydrogen-bond acceptors (Lipinski definition) is 4. The molecule has 2 aromatic heterocycles. The van der Waals surface area contributed by atoms with Gasteiger partial charge < -0.3 is 10.2 Å². The fourth-order valence-electron chi connectivity index (χ4n) is 3.27. The fourth-order valence-corrected chi connectivity index (χ4v) is 4.16. The minimum Gasteiger partial charge on any atom is -0.352 e. The Morgan fingerprint density at radius 1 is 1.36 bits per heavy atom. The number of pyridine rings is 1. The van der Waals surface area contributed by atoms with Gasteiger partial charge in [0.2, 0.25) is 5.91 Å². The molecule has 25 heavy (non-hydrogen) atoms. The molecule has 3 rings (SSSR count). The van der Waals surface area contributed by atoms with Crippen LogP contribution in [0.3, 0.4) is 0 Å². The van der Waals surface area contributed by atoms with E-state index in [2.05, 4.69) is 48.5 Å². The largest absolute Gasteiger partial charge is 0.352 e. The third-order valence-electron chi connectivity index (χ3n) is 4.47. The van der Waals surface area contributed by atoms with E-state index < -0.39 is 0 Å². The number of aryl methyl sites for hydroxylation is 2. The number of nitrogens with one attached hydrogen (secondary N) is 1. The second-order valence-electron chi connectivity index (χ2n) is 8.08. The number of carbonyl (C=O) groups is 1. The summed E-state index contributed by atoms with van der Waals surface area (Å²) >= 11 is 1.85. The number of hydrogen-bond donors (Lipinski definition) is 1. The van der Waals surface area contributed by atoms with Crippen molar-refractivity contribution in [2.45, 2.75) is 54.0 Å². The number of rotatable bonds is 3. The normalized spacial score (nSPS) is 14.4. The molecule has 3 heterocycles. The smallest absolute Gasteiger partial charge is 0.224 e. The number of thiophene rings is 1. The number of carbonyl (C=O) groups excluding carboxylic acids is 1. The molecule has 0 bridgehead atoms. The first-order valence-corrected chi connectivity index (χ1v) is 9.69. The maximum absolute atomic E-state index is 12.3. The molecule has 0 atom stereocenters. The van der Waals surface area contributed by atoms with E-state index in [1.165, 1.54) is 10.4 Å². The van der Waals surface area contributed by atoms with E-state index in [0.29, 0.717) is 6.42 Å². The van der Waals surface area contributed by atoms with Crippen molar-refractivity contribution in [3.8, 4) is 0 Å². The highest BCUT2D eigenvalue weighted by atomic mass is 32.1. The summed E-state index contributed by atoms with van der Waals surface area (Å²) in [6, 6.07) is 4.31. The topological polar surface area (TPSA) is 45.2 Å². The van der Waals surface area contributed by atoms with E-state index in [9.17, 15) is 4.79 Å². The molecule has 2 aromatic rings. The Bertz CT molecular complexity index is 765. The lowest BCUT2D eigenvalue weighted by atomic mass is 9.92. The minimum atomic E-state index is -0.0225. The molecule has 134 valence electrons. The van der Waals surface area contributed by atoms with Gasteiger partial charge in [0, 0.05) is 24.4 Å². The molecule has 0 unspecified atom stereocenters. The van der Waals surface area contributed by atoms with Crippen molar-refractivity contribution in [1.29, 1.82) is 0 Å². The van der Waals surface area contributed by atoms with E-state index >= 15 is 0 Å². The van der Waals surface area contributed by atoms with Crippen LogP contribution in [-0.2, 0) is 17.8 Å². The average molecular weight is 358 g/mol. The second kappa shape index (κ2) is 6.79. The van der Waals surface area contributed by atoms with Gasteiger partial charge in [0.05, 0.1) is 11.4 Å². The Kier molecular flexibility index (Phi) is 4.87. The molecule has 0 spiro atoms. The molecule has 1 N–H and O–H groups in total. The van der Waals surface area contributed by atoms with Crippen LogP contribution < -0.4 is 10.2 Å². The number of amides is 1. The maximum atomic E-state index is 12.3. The van der Waals surface area contributed by atoms with Crippen LogP contribution in [0.15, 0.2) is 17.5 Å². The van der Waals surface area contributed by atoms with Gasteiger partial charge in [0.25, 0.3) is 0 Å². The first-order chi connectivity index (χ1) is 11.7. The first kappa shape index (κ1) is 17.9. The van der Waals surface area contributed by atoms with Crippen LogP contribution in [0.2, 0.25) is 0 Å². The number of aromatic nitrogens is 1. The van der Waals surface area contributed by atoms with Gasteiger partial charge in [-0.05, 0) is 54.3 Å². The monoisotopic (exact) mass is 357 g/mol. The minimum absolute atomic E-state index is 0.0225. The van der Waals surface area contributed by atoms with Crippen molar-refractivity contribution in [3.63, 3.8) is 0 Å². The van der Waals surface area contributed by atoms with Crippen molar-refractivity contribution in [1.82, 2.24) is 4.98 Å². The van der Waals surface area contributed by atoms with Gasteiger partial charge in [-0.15, -0.1) is 11.3 Å². The van der Waals surface area contributed by atoms with Crippen LogP contribution in [0.4, 0.5) is 11.5 Å². The van der Waals surface area contributed by atoms with Gasteiger partial charge in [-0.2, -0.15) is 0 Å². The molecule has 1 aliphatic heterocycles. The van der Waals surface area contributed by atoms with Crippen LogP contribution >= 0.6 is 11.3 Å². The summed E-state index contributed by atoms with van der Waals surface area (Å²) in [5.41, 5.74) is 4.20. The number of nitrogens with zero attached hydrogens (tertiary/aromatic N) is 2. The first-order valence-electron chi connectivity index (χ1n) is 8.81. The van der Waals surface area contributed by atoms with Gasteiger partial charge in [0.1, 0.15) is 5.82 Å². The molecule has 0 fully saturated rings. The second-order valence-corrected chi connectivity index (χ2v) is 9.08. The molecule has 0 saturated heterocycles. The molecule has 5 heteroatoms. The van der Waals surface area contributed by atoms with Crippen LogP contribution in [-0.4, -0.2) is 17.4 Å². The van der Waals surface area contributed by atoms with E-state index in [-0.39, 0.29) is 11.3 Å². The molecule has 0 aromatic carbocycles. The lowest BCUT2D eigenvalue weighted by Gasteiger charge is -2.29. The van der Waals surface area contributed by atoms with Crippen molar-refractivity contribution in [2.24, 2.45) is 5.41 Å². The Morgan fingerprint density at radius 2 is 2.12 bits per heavy atom. The van der Waals surface area contributed by atoms with Gasteiger partial charge >= 0.3 is 0 Å². The summed E-state index contributed by atoms with van der Waals surface area (Å²) in [6.45, 7) is 12.2. The number of fused-ring (bicyclic) bond motifs is 1. The molecular weight excluding hydrogens is 330 g/mol. The maximum Gasteiger partial charge on any atom is 0.224 e. The van der Waals surface area contributed by atoms with E-state index in [4.69, 9.17) is 4.98 Å². The summed E-state index contributed by atoms with van der Waals surface area (Å²) < 4.78 is 0. The summed E-state index contributed by atoms with van der Waals surface area (Å²) in [5, 5.41) is 5.23. The van der Waals surface area contributed by atoms with Crippen molar-refractivity contribution in [2.75, 3.05) is 16.8 Å². The average Bonchev–Trinajstić information content (AvgIpc) is 2.96. The molecule has 4 nitrogen and oxygen atoms in total. The summed E-state index contributed by atoms with van der Waals surface area (Å²) in [6.07, 6.45) is 1.58. The van der Waals surface area contributed by atoms with E-state index in [1.807, 2.05) is 25.2 Å². The zero-order chi connectivity index (χ0) is 18.2. The predicted octanol–water partition coefficient (Wildman–Crippen LogP) is 4.70. The van der Waals surface area contributed by atoms with Gasteiger partial charge in [-0.25, -0.2) is 4.98 Å². The Morgan fingerprint density at radius 3 is 2.80 bits per heavy atom. The van der Waals surface area contributed by atoms with Crippen molar-refractivity contribution in [3.05, 3.63) is 39.2 Å². The van der Waals surface area contributed by atoms with E-state index in [0.717, 1.165) is 42.3 Å². The van der Waals surface area contributed by atoms with E-state index in [1.54, 1.807) is 0 Å².